The molecule has 0 bridgehead atoms. The van der Waals surface area contributed by atoms with Crippen LogP contribution in [0.1, 0.15) is 41.6 Å². The average molecular weight is 316 g/mol. The van der Waals surface area contributed by atoms with Gasteiger partial charge in [0, 0.05) is 10.9 Å². The van der Waals surface area contributed by atoms with Crippen molar-refractivity contribution in [3.63, 3.8) is 0 Å². The summed E-state index contributed by atoms with van der Waals surface area (Å²) in [7, 11) is 0. The predicted molar refractivity (Wildman–Crippen MR) is 84.2 cm³/mol. The Morgan fingerprint density at radius 2 is 2.27 bits per heavy atom. The fourth-order valence-corrected chi connectivity index (χ4v) is 2.61. The van der Waals surface area contributed by atoms with Crippen LogP contribution in [0.5, 0.6) is 5.75 Å². The second kappa shape index (κ2) is 7.57. The van der Waals surface area contributed by atoms with Crippen molar-refractivity contribution in [3.05, 3.63) is 34.2 Å². The molecule has 1 aromatic heterocycles. The number of carboxylic acid groups (broad SMARTS) is 1. The van der Waals surface area contributed by atoms with Crippen LogP contribution in [0.4, 0.5) is 0 Å². The summed E-state index contributed by atoms with van der Waals surface area (Å²) in [5, 5.41) is 19.9. The molecule has 0 spiro atoms. The van der Waals surface area contributed by atoms with Gasteiger partial charge in [0.1, 0.15) is 11.8 Å². The molecule has 0 saturated carbocycles. The smallest absolute Gasteiger partial charge is 0.365 e. The summed E-state index contributed by atoms with van der Waals surface area (Å²) < 4.78 is 5.63. The van der Waals surface area contributed by atoms with Crippen LogP contribution in [0.25, 0.3) is 11.3 Å². The van der Waals surface area contributed by atoms with Gasteiger partial charge in [-0.3, -0.25) is 0 Å². The van der Waals surface area contributed by atoms with Crippen molar-refractivity contribution in [2.75, 3.05) is 6.61 Å². The lowest BCUT2D eigenvalue weighted by atomic mass is 10.1. The first-order chi connectivity index (χ1) is 10.7. The van der Waals surface area contributed by atoms with Gasteiger partial charge in [0.05, 0.1) is 17.9 Å². The third kappa shape index (κ3) is 3.83. The molecule has 0 saturated heterocycles. The Labute approximate surface area is 132 Å². The van der Waals surface area contributed by atoms with Crippen molar-refractivity contribution in [1.82, 2.24) is 4.98 Å². The van der Waals surface area contributed by atoms with Crippen LogP contribution in [0.2, 0.25) is 0 Å². The highest BCUT2D eigenvalue weighted by atomic mass is 32.1. The zero-order valence-corrected chi connectivity index (χ0v) is 13.0. The number of hydrogen-bond acceptors (Lipinski definition) is 5. The number of rotatable bonds is 7. The molecule has 0 amide bonds. The Balaban J connectivity index is 2.17. The average Bonchev–Trinajstić information content (AvgIpc) is 3.02. The first-order valence-corrected chi connectivity index (χ1v) is 7.89. The van der Waals surface area contributed by atoms with E-state index in [1.54, 1.807) is 23.6 Å². The number of nitriles is 1. The molecule has 1 N–H and O–H groups in total. The van der Waals surface area contributed by atoms with Crippen LogP contribution in [0.3, 0.4) is 0 Å². The molecule has 2 aromatic rings. The van der Waals surface area contributed by atoms with Gasteiger partial charge in [0.25, 0.3) is 0 Å². The maximum Gasteiger partial charge on any atom is 0.365 e. The zero-order chi connectivity index (χ0) is 15.9. The van der Waals surface area contributed by atoms with Crippen molar-refractivity contribution >= 4 is 17.3 Å². The van der Waals surface area contributed by atoms with E-state index in [2.05, 4.69) is 18.0 Å². The van der Waals surface area contributed by atoms with Gasteiger partial charge < -0.3 is 9.84 Å². The molecule has 1 heterocycles. The van der Waals surface area contributed by atoms with Crippen molar-refractivity contribution in [3.8, 4) is 23.1 Å². The van der Waals surface area contributed by atoms with E-state index in [4.69, 9.17) is 9.84 Å². The lowest BCUT2D eigenvalue weighted by Crippen LogP contribution is -1.99. The topological polar surface area (TPSA) is 83.2 Å². The van der Waals surface area contributed by atoms with Crippen LogP contribution in [-0.4, -0.2) is 22.7 Å². The normalized spacial score (nSPS) is 10.2. The lowest BCUT2D eigenvalue weighted by Gasteiger charge is -2.08. The molecule has 0 unspecified atom stereocenters. The van der Waals surface area contributed by atoms with Gasteiger partial charge in [0.15, 0.2) is 0 Å². The monoisotopic (exact) mass is 316 g/mol. The van der Waals surface area contributed by atoms with E-state index in [0.29, 0.717) is 29.2 Å². The minimum absolute atomic E-state index is 0.0356. The minimum atomic E-state index is -1.05. The van der Waals surface area contributed by atoms with Gasteiger partial charge in [-0.05, 0) is 24.6 Å². The third-order valence-corrected chi connectivity index (χ3v) is 3.92. The number of thiazole rings is 1. The Bertz CT molecular complexity index is 704. The summed E-state index contributed by atoms with van der Waals surface area (Å²) in [5.41, 5.74) is 1.69. The summed E-state index contributed by atoms with van der Waals surface area (Å²) in [6.07, 6.45) is 3.16. The third-order valence-electron chi connectivity index (χ3n) is 3.09. The standard InChI is InChI=1S/C16H16N2O3S/c1-2-3-4-7-21-14-6-5-11(8-12(14)9-17)13-10-22-15(18-13)16(19)20/h5-6,8,10H,2-4,7H2,1H3,(H,19,20). The maximum absolute atomic E-state index is 10.9. The quantitative estimate of drug-likeness (QED) is 0.782. The highest BCUT2D eigenvalue weighted by Gasteiger charge is 2.12. The van der Waals surface area contributed by atoms with Crippen LogP contribution in [0, 0.1) is 11.3 Å². The largest absolute Gasteiger partial charge is 0.492 e. The molecule has 6 heteroatoms. The minimum Gasteiger partial charge on any atom is -0.492 e. The maximum atomic E-state index is 10.9. The summed E-state index contributed by atoms with van der Waals surface area (Å²) >= 11 is 1.06. The molecule has 0 aliphatic heterocycles. The van der Waals surface area contributed by atoms with Gasteiger partial charge in [-0.15, -0.1) is 11.3 Å². The number of unbranched alkanes of at least 4 members (excludes halogenated alkanes) is 2. The van der Waals surface area contributed by atoms with Crippen molar-refractivity contribution in [2.45, 2.75) is 26.2 Å². The number of carbonyl (C=O) groups is 1. The molecule has 0 atom stereocenters. The van der Waals surface area contributed by atoms with Crippen molar-refractivity contribution in [2.24, 2.45) is 0 Å². The molecule has 5 nitrogen and oxygen atoms in total. The summed E-state index contributed by atoms with van der Waals surface area (Å²) in [4.78, 5) is 14.9. The van der Waals surface area contributed by atoms with E-state index in [1.165, 1.54) is 0 Å². The van der Waals surface area contributed by atoms with Gasteiger partial charge >= 0.3 is 5.97 Å². The van der Waals surface area contributed by atoms with Crippen LogP contribution in [0.15, 0.2) is 23.6 Å². The molecule has 0 radical (unpaired) electrons. The van der Waals surface area contributed by atoms with Gasteiger partial charge in [-0.2, -0.15) is 5.26 Å². The number of aromatic nitrogens is 1. The molecule has 0 fully saturated rings. The molecular formula is C16H16N2O3S. The zero-order valence-electron chi connectivity index (χ0n) is 12.2. The van der Waals surface area contributed by atoms with E-state index in [1.807, 2.05) is 0 Å². The lowest BCUT2D eigenvalue weighted by molar-refractivity contribution is 0.0696. The highest BCUT2D eigenvalue weighted by Crippen LogP contribution is 2.27. The van der Waals surface area contributed by atoms with E-state index >= 15 is 0 Å². The number of carboxylic acids is 1. The van der Waals surface area contributed by atoms with Crippen LogP contribution < -0.4 is 4.74 Å². The first-order valence-electron chi connectivity index (χ1n) is 7.01. The van der Waals surface area contributed by atoms with E-state index in [0.717, 1.165) is 30.6 Å². The van der Waals surface area contributed by atoms with Gasteiger partial charge in [0.2, 0.25) is 5.01 Å². The highest BCUT2D eigenvalue weighted by molar-refractivity contribution is 7.11. The van der Waals surface area contributed by atoms with Gasteiger partial charge in [-0.1, -0.05) is 19.8 Å². The van der Waals surface area contributed by atoms with Gasteiger partial charge in [-0.25, -0.2) is 9.78 Å². The Kier molecular flexibility index (Phi) is 5.50. The van der Waals surface area contributed by atoms with E-state index in [9.17, 15) is 10.1 Å². The number of aromatic carboxylic acids is 1. The number of ether oxygens (including phenoxy) is 1. The number of hydrogen-bond donors (Lipinski definition) is 1. The molecular weight excluding hydrogens is 300 g/mol. The van der Waals surface area contributed by atoms with Crippen molar-refractivity contribution < 1.29 is 14.6 Å². The fraction of sp³-hybridized carbons (Fsp3) is 0.312. The van der Waals surface area contributed by atoms with E-state index < -0.39 is 5.97 Å². The molecule has 114 valence electrons. The summed E-state index contributed by atoms with van der Waals surface area (Å²) in [5.74, 6) is -0.497. The molecule has 22 heavy (non-hydrogen) atoms. The van der Waals surface area contributed by atoms with Crippen molar-refractivity contribution in [1.29, 1.82) is 5.26 Å². The Morgan fingerprint density at radius 3 is 2.91 bits per heavy atom. The van der Waals surface area contributed by atoms with E-state index in [-0.39, 0.29) is 5.01 Å². The van der Waals surface area contributed by atoms with Crippen LogP contribution >= 0.6 is 11.3 Å². The summed E-state index contributed by atoms with van der Waals surface area (Å²) in [6, 6.07) is 7.31. The SMILES string of the molecule is CCCCCOc1ccc(-c2csc(C(=O)O)n2)cc1C#N. The number of benzene rings is 1. The molecule has 2 rings (SSSR count). The molecule has 1 aromatic carbocycles. The second-order valence-electron chi connectivity index (χ2n) is 4.72. The number of nitrogens with zero attached hydrogens (tertiary/aromatic N) is 2. The fourth-order valence-electron chi connectivity index (χ4n) is 1.94. The summed E-state index contributed by atoms with van der Waals surface area (Å²) in [6.45, 7) is 2.70. The molecule has 0 aliphatic rings. The Hall–Kier alpha value is -2.39. The molecule has 0 aliphatic carbocycles. The van der Waals surface area contributed by atoms with Crippen LogP contribution in [-0.2, 0) is 0 Å². The predicted octanol–water partition coefficient (Wildman–Crippen LogP) is 3.95. The first kappa shape index (κ1) is 16.0. The Morgan fingerprint density at radius 1 is 1.45 bits per heavy atom. The second-order valence-corrected chi connectivity index (χ2v) is 5.58.